The standard InChI is InChI=1S/C21H22N2O4S/c1-23(13-15-9-11-16(12-10-15)27-14-21(25)26)20(24)8-4-7-19-22-17-5-2-3-6-18(17)28-19/h2-3,5-6,9-12H,4,7-8,13-14H2,1H3,(H,25,26). The Labute approximate surface area is 167 Å². The molecule has 0 aliphatic heterocycles. The van der Waals surface area contributed by atoms with Crippen LogP contribution >= 0.6 is 11.3 Å². The van der Waals surface area contributed by atoms with Crippen LogP contribution in [0.3, 0.4) is 0 Å². The van der Waals surface area contributed by atoms with Gasteiger partial charge in [-0.2, -0.15) is 0 Å². The van der Waals surface area contributed by atoms with Crippen molar-refractivity contribution in [3.05, 3.63) is 59.1 Å². The second kappa shape index (κ2) is 9.32. The molecule has 0 aliphatic rings. The minimum absolute atomic E-state index is 0.0901. The first kappa shape index (κ1) is 19.8. The van der Waals surface area contributed by atoms with Gasteiger partial charge in [-0.25, -0.2) is 9.78 Å². The summed E-state index contributed by atoms with van der Waals surface area (Å²) in [4.78, 5) is 29.2. The van der Waals surface area contributed by atoms with Crippen molar-refractivity contribution in [2.45, 2.75) is 25.8 Å². The number of benzene rings is 2. The van der Waals surface area contributed by atoms with Crippen molar-refractivity contribution >= 4 is 33.4 Å². The predicted molar refractivity (Wildman–Crippen MR) is 109 cm³/mol. The summed E-state index contributed by atoms with van der Waals surface area (Å²) in [6.45, 7) is 0.131. The highest BCUT2D eigenvalue weighted by Gasteiger charge is 2.11. The van der Waals surface area contributed by atoms with Gasteiger partial charge >= 0.3 is 5.97 Å². The Kier molecular flexibility index (Phi) is 6.60. The molecule has 6 nitrogen and oxygen atoms in total. The fraction of sp³-hybridized carbons (Fsp3) is 0.286. The third kappa shape index (κ3) is 5.53. The lowest BCUT2D eigenvalue weighted by Crippen LogP contribution is -2.25. The van der Waals surface area contributed by atoms with E-state index < -0.39 is 5.97 Å². The van der Waals surface area contributed by atoms with Crippen molar-refractivity contribution in [3.8, 4) is 5.75 Å². The van der Waals surface area contributed by atoms with Crippen LogP contribution in [0.15, 0.2) is 48.5 Å². The molecule has 1 aromatic heterocycles. The van der Waals surface area contributed by atoms with Crippen LogP contribution in [-0.2, 0) is 22.6 Å². The van der Waals surface area contributed by atoms with Crippen molar-refractivity contribution in [2.75, 3.05) is 13.7 Å². The molecule has 1 N–H and O–H groups in total. The third-order valence-electron chi connectivity index (χ3n) is 4.25. The highest BCUT2D eigenvalue weighted by Crippen LogP contribution is 2.23. The number of nitrogens with zero attached hydrogens (tertiary/aromatic N) is 2. The molecule has 0 radical (unpaired) electrons. The number of aryl methyl sites for hydroxylation is 1. The van der Waals surface area contributed by atoms with E-state index in [1.165, 1.54) is 4.70 Å². The number of hydrogen-bond acceptors (Lipinski definition) is 5. The smallest absolute Gasteiger partial charge is 0.341 e. The Bertz CT molecular complexity index is 919. The fourth-order valence-corrected chi connectivity index (χ4v) is 3.82. The van der Waals surface area contributed by atoms with Crippen LogP contribution in [0.1, 0.15) is 23.4 Å². The average Bonchev–Trinajstić information content (AvgIpc) is 3.10. The number of fused-ring (bicyclic) bond motifs is 1. The molecule has 1 amide bonds. The molecule has 0 unspecified atom stereocenters. The Morgan fingerprint density at radius 1 is 1.14 bits per heavy atom. The lowest BCUT2D eigenvalue weighted by molar-refractivity contribution is -0.139. The Balaban J connectivity index is 1.44. The molecule has 0 fully saturated rings. The lowest BCUT2D eigenvalue weighted by atomic mass is 10.2. The van der Waals surface area contributed by atoms with Gasteiger partial charge < -0.3 is 14.7 Å². The monoisotopic (exact) mass is 398 g/mol. The average molecular weight is 398 g/mol. The summed E-state index contributed by atoms with van der Waals surface area (Å²) in [5.41, 5.74) is 1.98. The van der Waals surface area contributed by atoms with Crippen molar-refractivity contribution in [3.63, 3.8) is 0 Å². The molecule has 146 valence electrons. The van der Waals surface area contributed by atoms with E-state index in [1.807, 2.05) is 30.3 Å². The van der Waals surface area contributed by atoms with Gasteiger partial charge in [0.25, 0.3) is 0 Å². The third-order valence-corrected chi connectivity index (χ3v) is 5.35. The number of amides is 1. The number of carbonyl (C=O) groups is 2. The van der Waals surface area contributed by atoms with Gasteiger partial charge in [-0.15, -0.1) is 11.3 Å². The molecule has 2 aromatic carbocycles. The number of aliphatic carboxylic acids is 1. The molecule has 0 saturated carbocycles. The maximum absolute atomic E-state index is 12.4. The van der Waals surface area contributed by atoms with Crippen LogP contribution in [-0.4, -0.2) is 40.5 Å². The Morgan fingerprint density at radius 3 is 2.61 bits per heavy atom. The maximum Gasteiger partial charge on any atom is 0.341 e. The second-order valence-electron chi connectivity index (χ2n) is 6.51. The van der Waals surface area contributed by atoms with Crippen molar-refractivity contribution in [1.82, 2.24) is 9.88 Å². The predicted octanol–water partition coefficient (Wildman–Crippen LogP) is 3.74. The van der Waals surface area contributed by atoms with E-state index in [9.17, 15) is 9.59 Å². The largest absolute Gasteiger partial charge is 0.482 e. The van der Waals surface area contributed by atoms with Gasteiger partial charge in [0.05, 0.1) is 15.2 Å². The zero-order valence-corrected chi connectivity index (χ0v) is 16.4. The summed E-state index contributed by atoms with van der Waals surface area (Å²) in [7, 11) is 1.79. The number of hydrogen-bond donors (Lipinski definition) is 1. The number of carbonyl (C=O) groups excluding carboxylic acids is 1. The number of ether oxygens (including phenoxy) is 1. The van der Waals surface area contributed by atoms with Crippen molar-refractivity contribution in [1.29, 1.82) is 0 Å². The van der Waals surface area contributed by atoms with E-state index in [1.54, 1.807) is 35.4 Å². The first-order valence-corrected chi connectivity index (χ1v) is 9.85. The molecule has 0 bridgehead atoms. The van der Waals surface area contributed by atoms with E-state index in [-0.39, 0.29) is 12.5 Å². The normalized spacial score (nSPS) is 10.8. The second-order valence-corrected chi connectivity index (χ2v) is 7.62. The molecule has 0 saturated heterocycles. The molecule has 0 aliphatic carbocycles. The minimum Gasteiger partial charge on any atom is -0.482 e. The van der Waals surface area contributed by atoms with Crippen LogP contribution in [0.4, 0.5) is 0 Å². The fourth-order valence-electron chi connectivity index (χ4n) is 2.81. The van der Waals surface area contributed by atoms with Gasteiger partial charge in [-0.05, 0) is 42.7 Å². The SMILES string of the molecule is CN(Cc1ccc(OCC(=O)O)cc1)C(=O)CCCc1nc2ccccc2s1. The van der Waals surface area contributed by atoms with E-state index >= 15 is 0 Å². The number of thiazole rings is 1. The maximum atomic E-state index is 12.4. The van der Waals surface area contributed by atoms with Crippen molar-refractivity contribution < 1.29 is 19.4 Å². The molecule has 3 rings (SSSR count). The number of carboxylic acid groups (broad SMARTS) is 1. The Morgan fingerprint density at radius 2 is 1.89 bits per heavy atom. The molecular formula is C21H22N2O4S. The highest BCUT2D eigenvalue weighted by molar-refractivity contribution is 7.18. The molecule has 0 spiro atoms. The number of aromatic nitrogens is 1. The summed E-state index contributed by atoms with van der Waals surface area (Å²) in [6.07, 6.45) is 2.05. The summed E-state index contributed by atoms with van der Waals surface area (Å²) in [5, 5.41) is 9.68. The summed E-state index contributed by atoms with van der Waals surface area (Å²) in [5.74, 6) is -0.427. The molecule has 3 aromatic rings. The summed E-state index contributed by atoms with van der Waals surface area (Å²) < 4.78 is 6.28. The minimum atomic E-state index is -1.01. The molecule has 0 atom stereocenters. The van der Waals surface area contributed by atoms with Gasteiger partial charge in [-0.1, -0.05) is 24.3 Å². The van der Waals surface area contributed by atoms with Gasteiger partial charge in [0.15, 0.2) is 6.61 Å². The quantitative estimate of drug-likeness (QED) is 0.594. The van der Waals surface area contributed by atoms with E-state index in [4.69, 9.17) is 9.84 Å². The van der Waals surface area contributed by atoms with Gasteiger partial charge in [0, 0.05) is 20.0 Å². The zero-order valence-electron chi connectivity index (χ0n) is 15.6. The van der Waals surface area contributed by atoms with Gasteiger partial charge in [0.2, 0.25) is 5.91 Å². The summed E-state index contributed by atoms with van der Waals surface area (Å²) in [6, 6.07) is 15.2. The van der Waals surface area contributed by atoms with Crippen LogP contribution in [0.2, 0.25) is 0 Å². The van der Waals surface area contributed by atoms with Gasteiger partial charge in [-0.3, -0.25) is 4.79 Å². The van der Waals surface area contributed by atoms with Crippen LogP contribution in [0.5, 0.6) is 5.75 Å². The Hall–Kier alpha value is -2.93. The van der Waals surface area contributed by atoms with E-state index in [2.05, 4.69) is 11.1 Å². The molecule has 28 heavy (non-hydrogen) atoms. The van der Waals surface area contributed by atoms with E-state index in [0.29, 0.717) is 18.7 Å². The van der Waals surface area contributed by atoms with Gasteiger partial charge in [0.1, 0.15) is 5.75 Å². The number of para-hydroxylation sites is 1. The van der Waals surface area contributed by atoms with Crippen LogP contribution < -0.4 is 4.74 Å². The lowest BCUT2D eigenvalue weighted by Gasteiger charge is -2.17. The highest BCUT2D eigenvalue weighted by atomic mass is 32.1. The molecule has 7 heteroatoms. The van der Waals surface area contributed by atoms with E-state index in [0.717, 1.165) is 28.9 Å². The zero-order chi connectivity index (χ0) is 19.9. The molecule has 1 heterocycles. The topological polar surface area (TPSA) is 79.7 Å². The molecular weight excluding hydrogens is 376 g/mol. The van der Waals surface area contributed by atoms with Crippen LogP contribution in [0, 0.1) is 0 Å². The number of rotatable bonds is 9. The van der Waals surface area contributed by atoms with Crippen molar-refractivity contribution in [2.24, 2.45) is 0 Å². The number of carboxylic acids is 1. The first-order chi connectivity index (χ1) is 13.5. The first-order valence-electron chi connectivity index (χ1n) is 9.03. The van der Waals surface area contributed by atoms with Crippen LogP contribution in [0.25, 0.3) is 10.2 Å². The summed E-state index contributed by atoms with van der Waals surface area (Å²) >= 11 is 1.68.